The standard InChI is InChI=1S/C15H18O2S/c1-11-4-3-5-13(10-11)17-9-8-14(16)15-7-6-12(2)18-15/h3-7,10,14,16H,8-9H2,1-2H3. The molecule has 0 fully saturated rings. The molecule has 0 amide bonds. The number of thiophene rings is 1. The Morgan fingerprint density at radius 2 is 2.06 bits per heavy atom. The maximum atomic E-state index is 10.00. The van der Waals surface area contributed by atoms with Gasteiger partial charge in [-0.05, 0) is 43.7 Å². The number of aryl methyl sites for hydroxylation is 2. The van der Waals surface area contributed by atoms with Crippen LogP contribution in [0.4, 0.5) is 0 Å². The maximum absolute atomic E-state index is 10.00. The molecule has 0 aliphatic heterocycles. The largest absolute Gasteiger partial charge is 0.493 e. The van der Waals surface area contributed by atoms with Gasteiger partial charge in [0.2, 0.25) is 0 Å². The Balaban J connectivity index is 1.82. The van der Waals surface area contributed by atoms with E-state index in [9.17, 15) is 5.11 Å². The van der Waals surface area contributed by atoms with Crippen molar-refractivity contribution in [2.24, 2.45) is 0 Å². The normalized spacial score (nSPS) is 12.4. The molecule has 0 spiro atoms. The number of ether oxygens (including phenoxy) is 1. The van der Waals surface area contributed by atoms with Crippen LogP contribution in [0.1, 0.15) is 27.8 Å². The van der Waals surface area contributed by atoms with Crippen LogP contribution in [0.2, 0.25) is 0 Å². The predicted molar refractivity (Wildman–Crippen MR) is 75.3 cm³/mol. The minimum Gasteiger partial charge on any atom is -0.493 e. The highest BCUT2D eigenvalue weighted by Crippen LogP contribution is 2.25. The molecule has 3 heteroatoms. The molecule has 96 valence electrons. The Hall–Kier alpha value is -1.32. The average molecular weight is 262 g/mol. The molecule has 0 aliphatic carbocycles. The van der Waals surface area contributed by atoms with Crippen molar-refractivity contribution < 1.29 is 9.84 Å². The fourth-order valence-corrected chi connectivity index (χ4v) is 2.67. The summed E-state index contributed by atoms with van der Waals surface area (Å²) < 4.78 is 5.63. The summed E-state index contributed by atoms with van der Waals surface area (Å²) in [6.07, 6.45) is 0.196. The van der Waals surface area contributed by atoms with Gasteiger partial charge in [-0.25, -0.2) is 0 Å². The van der Waals surface area contributed by atoms with E-state index in [1.165, 1.54) is 10.4 Å². The topological polar surface area (TPSA) is 29.5 Å². The van der Waals surface area contributed by atoms with E-state index in [0.717, 1.165) is 10.6 Å². The van der Waals surface area contributed by atoms with Crippen molar-refractivity contribution >= 4 is 11.3 Å². The van der Waals surface area contributed by atoms with Crippen LogP contribution in [0.5, 0.6) is 5.75 Å². The minimum atomic E-state index is -0.423. The first-order chi connectivity index (χ1) is 8.65. The van der Waals surface area contributed by atoms with Crippen molar-refractivity contribution in [3.05, 3.63) is 51.7 Å². The third kappa shape index (κ3) is 3.59. The number of rotatable bonds is 5. The summed E-state index contributed by atoms with van der Waals surface area (Å²) >= 11 is 1.64. The fourth-order valence-electron chi connectivity index (χ4n) is 1.77. The van der Waals surface area contributed by atoms with Crippen LogP contribution >= 0.6 is 11.3 Å². The second-order valence-corrected chi connectivity index (χ2v) is 5.74. The molecule has 0 saturated carbocycles. The number of benzene rings is 1. The van der Waals surface area contributed by atoms with Crippen LogP contribution in [0.3, 0.4) is 0 Å². The number of hydrogen-bond donors (Lipinski definition) is 1. The van der Waals surface area contributed by atoms with E-state index in [2.05, 4.69) is 0 Å². The highest BCUT2D eigenvalue weighted by Gasteiger charge is 2.09. The Kier molecular flexibility index (Phi) is 4.39. The Bertz CT molecular complexity index is 505. The molecular formula is C15H18O2S. The molecule has 0 aliphatic rings. The van der Waals surface area contributed by atoms with E-state index >= 15 is 0 Å². The molecular weight excluding hydrogens is 244 g/mol. The summed E-state index contributed by atoms with van der Waals surface area (Å²) in [5.41, 5.74) is 1.18. The monoisotopic (exact) mass is 262 g/mol. The van der Waals surface area contributed by atoms with Crippen LogP contribution in [0.15, 0.2) is 36.4 Å². The van der Waals surface area contributed by atoms with E-state index in [4.69, 9.17) is 4.74 Å². The second kappa shape index (κ2) is 6.03. The molecule has 1 aromatic heterocycles. The first kappa shape index (κ1) is 13.1. The highest BCUT2D eigenvalue weighted by atomic mass is 32.1. The quantitative estimate of drug-likeness (QED) is 0.886. The van der Waals surface area contributed by atoms with E-state index in [1.807, 2.05) is 50.2 Å². The van der Waals surface area contributed by atoms with Crippen LogP contribution in [-0.2, 0) is 0 Å². The zero-order valence-electron chi connectivity index (χ0n) is 10.7. The Morgan fingerprint density at radius 1 is 1.22 bits per heavy atom. The molecule has 1 unspecified atom stereocenters. The molecule has 0 saturated heterocycles. The first-order valence-corrected chi connectivity index (χ1v) is 6.90. The second-order valence-electron chi connectivity index (χ2n) is 4.42. The van der Waals surface area contributed by atoms with E-state index < -0.39 is 6.10 Å². The molecule has 1 heterocycles. The Labute approximate surface area is 112 Å². The lowest BCUT2D eigenvalue weighted by Gasteiger charge is -2.10. The highest BCUT2D eigenvalue weighted by molar-refractivity contribution is 7.12. The average Bonchev–Trinajstić information content (AvgIpc) is 2.76. The van der Waals surface area contributed by atoms with Gasteiger partial charge >= 0.3 is 0 Å². The van der Waals surface area contributed by atoms with Crippen LogP contribution in [0, 0.1) is 13.8 Å². The number of hydrogen-bond acceptors (Lipinski definition) is 3. The van der Waals surface area contributed by atoms with Gasteiger partial charge in [-0.3, -0.25) is 0 Å². The van der Waals surface area contributed by atoms with Gasteiger partial charge in [0, 0.05) is 16.2 Å². The van der Waals surface area contributed by atoms with Crippen LogP contribution in [0.25, 0.3) is 0 Å². The van der Waals surface area contributed by atoms with Crippen molar-refractivity contribution in [2.75, 3.05) is 6.61 Å². The lowest BCUT2D eigenvalue weighted by atomic mass is 10.2. The molecule has 2 aromatic rings. The Morgan fingerprint density at radius 3 is 2.72 bits per heavy atom. The van der Waals surface area contributed by atoms with Crippen molar-refractivity contribution in [1.29, 1.82) is 0 Å². The van der Waals surface area contributed by atoms with Crippen LogP contribution < -0.4 is 4.74 Å². The summed E-state index contributed by atoms with van der Waals surface area (Å²) in [6, 6.07) is 12.0. The fraction of sp³-hybridized carbons (Fsp3) is 0.333. The molecule has 0 radical (unpaired) electrons. The van der Waals surface area contributed by atoms with Crippen LogP contribution in [-0.4, -0.2) is 11.7 Å². The number of aliphatic hydroxyl groups excluding tert-OH is 1. The molecule has 1 atom stereocenters. The van der Waals surface area contributed by atoms with E-state index in [1.54, 1.807) is 11.3 Å². The molecule has 18 heavy (non-hydrogen) atoms. The van der Waals surface area contributed by atoms with E-state index in [0.29, 0.717) is 13.0 Å². The van der Waals surface area contributed by atoms with E-state index in [-0.39, 0.29) is 0 Å². The summed E-state index contributed by atoms with van der Waals surface area (Å²) in [5, 5.41) is 10.00. The van der Waals surface area contributed by atoms with Crippen molar-refractivity contribution in [3.8, 4) is 5.75 Å². The van der Waals surface area contributed by atoms with Crippen molar-refractivity contribution in [3.63, 3.8) is 0 Å². The summed E-state index contributed by atoms with van der Waals surface area (Å²) in [4.78, 5) is 2.24. The zero-order valence-corrected chi connectivity index (χ0v) is 11.5. The van der Waals surface area contributed by atoms with Gasteiger partial charge in [-0.2, -0.15) is 0 Å². The third-order valence-electron chi connectivity index (χ3n) is 2.74. The lowest BCUT2D eigenvalue weighted by molar-refractivity contribution is 0.144. The molecule has 2 nitrogen and oxygen atoms in total. The smallest absolute Gasteiger partial charge is 0.119 e. The SMILES string of the molecule is Cc1cccc(OCCC(O)c2ccc(C)s2)c1. The molecule has 1 N–H and O–H groups in total. The molecule has 1 aromatic carbocycles. The van der Waals surface area contributed by atoms with Crippen molar-refractivity contribution in [2.45, 2.75) is 26.4 Å². The molecule has 2 rings (SSSR count). The van der Waals surface area contributed by atoms with Gasteiger partial charge in [0.05, 0.1) is 12.7 Å². The van der Waals surface area contributed by atoms with Gasteiger partial charge in [-0.1, -0.05) is 12.1 Å². The van der Waals surface area contributed by atoms with Gasteiger partial charge in [0.15, 0.2) is 0 Å². The number of aliphatic hydroxyl groups is 1. The first-order valence-electron chi connectivity index (χ1n) is 6.09. The van der Waals surface area contributed by atoms with Gasteiger partial charge < -0.3 is 9.84 Å². The zero-order chi connectivity index (χ0) is 13.0. The maximum Gasteiger partial charge on any atom is 0.119 e. The van der Waals surface area contributed by atoms with Crippen molar-refractivity contribution in [1.82, 2.24) is 0 Å². The lowest BCUT2D eigenvalue weighted by Crippen LogP contribution is -2.04. The third-order valence-corrected chi connectivity index (χ3v) is 3.84. The summed E-state index contributed by atoms with van der Waals surface area (Å²) in [5.74, 6) is 0.865. The van der Waals surface area contributed by atoms with Gasteiger partial charge in [-0.15, -0.1) is 11.3 Å². The van der Waals surface area contributed by atoms with Gasteiger partial charge in [0.1, 0.15) is 5.75 Å². The molecule has 0 bridgehead atoms. The minimum absolute atomic E-state index is 0.423. The predicted octanol–water partition coefficient (Wildman–Crippen LogP) is 3.87. The summed E-state index contributed by atoms with van der Waals surface area (Å²) in [6.45, 7) is 4.61. The summed E-state index contributed by atoms with van der Waals surface area (Å²) in [7, 11) is 0. The van der Waals surface area contributed by atoms with Gasteiger partial charge in [0.25, 0.3) is 0 Å².